The number of hydrogen-bond acceptors (Lipinski definition) is 2. The molecule has 0 aliphatic heterocycles. The van der Waals surface area contributed by atoms with E-state index in [4.69, 9.17) is 11.6 Å². The summed E-state index contributed by atoms with van der Waals surface area (Å²) in [6.45, 7) is 1.70. The zero-order valence-electron chi connectivity index (χ0n) is 12.5. The molecule has 3 nitrogen and oxygen atoms in total. The van der Waals surface area contributed by atoms with Gasteiger partial charge in [-0.15, -0.1) is 24.0 Å². The number of rotatable bonds is 6. The summed E-state index contributed by atoms with van der Waals surface area (Å²) in [5, 5.41) is 11.6. The number of hydrogen-bond donors (Lipinski definition) is 2. The Hall–Kier alpha value is -0.790. The third-order valence-corrected chi connectivity index (χ3v) is 4.10. The van der Waals surface area contributed by atoms with Gasteiger partial charge < -0.3 is 10.6 Å². The highest BCUT2D eigenvalue weighted by Gasteiger charge is 1.99. The van der Waals surface area contributed by atoms with Crippen molar-refractivity contribution in [2.75, 3.05) is 13.6 Å². The second-order valence-electron chi connectivity index (χ2n) is 4.71. The van der Waals surface area contributed by atoms with Crippen LogP contribution in [-0.4, -0.2) is 19.6 Å². The summed E-state index contributed by atoms with van der Waals surface area (Å²) in [5.41, 5.74) is 2.59. The molecule has 0 saturated heterocycles. The van der Waals surface area contributed by atoms with Crippen LogP contribution in [0.1, 0.15) is 17.5 Å². The molecule has 0 saturated carbocycles. The fraction of sp³-hybridized carbons (Fsp3) is 0.312. The summed E-state index contributed by atoms with van der Waals surface area (Å²) in [5.74, 6) is 0.845. The van der Waals surface area contributed by atoms with Gasteiger partial charge >= 0.3 is 0 Å². The lowest BCUT2D eigenvalue weighted by atomic mass is 10.1. The molecule has 0 unspecified atom stereocenters. The smallest absolute Gasteiger partial charge is 0.191 e. The van der Waals surface area contributed by atoms with Crippen LogP contribution in [0.4, 0.5) is 0 Å². The Labute approximate surface area is 158 Å². The van der Waals surface area contributed by atoms with Crippen molar-refractivity contribution in [3.05, 3.63) is 57.2 Å². The molecule has 6 heteroatoms. The van der Waals surface area contributed by atoms with Crippen molar-refractivity contribution < 1.29 is 0 Å². The Morgan fingerprint density at radius 3 is 2.55 bits per heavy atom. The first kappa shape index (κ1) is 19.3. The van der Waals surface area contributed by atoms with Gasteiger partial charge in [-0.05, 0) is 52.9 Å². The minimum absolute atomic E-state index is 0. The number of halogens is 2. The highest BCUT2D eigenvalue weighted by atomic mass is 127. The molecule has 0 aliphatic carbocycles. The average Bonchev–Trinajstić information content (AvgIpc) is 3.02. The van der Waals surface area contributed by atoms with Gasteiger partial charge in [-0.25, -0.2) is 0 Å². The summed E-state index contributed by atoms with van der Waals surface area (Å²) in [6.07, 6.45) is 2.09. The Morgan fingerprint density at radius 2 is 1.91 bits per heavy atom. The molecule has 0 bridgehead atoms. The van der Waals surface area contributed by atoms with Crippen molar-refractivity contribution in [1.82, 2.24) is 10.6 Å². The predicted octanol–water partition coefficient (Wildman–Crippen LogP) is 4.32. The molecule has 0 aliphatic rings. The van der Waals surface area contributed by atoms with Crippen LogP contribution in [0.15, 0.2) is 46.1 Å². The van der Waals surface area contributed by atoms with Gasteiger partial charge in [0.15, 0.2) is 5.96 Å². The van der Waals surface area contributed by atoms with Crippen molar-refractivity contribution in [2.24, 2.45) is 4.99 Å². The molecule has 2 rings (SSSR count). The van der Waals surface area contributed by atoms with Gasteiger partial charge in [0.2, 0.25) is 0 Å². The maximum absolute atomic E-state index is 5.87. The van der Waals surface area contributed by atoms with Crippen LogP contribution >= 0.6 is 46.9 Å². The van der Waals surface area contributed by atoms with Gasteiger partial charge in [-0.3, -0.25) is 4.99 Å². The van der Waals surface area contributed by atoms with E-state index in [1.165, 1.54) is 11.1 Å². The Bertz CT molecular complexity index is 555. The normalized spacial score (nSPS) is 10.9. The molecule has 1 heterocycles. The number of aliphatic imine (C=N–C) groups is 1. The molecule has 22 heavy (non-hydrogen) atoms. The largest absolute Gasteiger partial charge is 0.356 e. The lowest BCUT2D eigenvalue weighted by Gasteiger charge is -2.11. The predicted molar refractivity (Wildman–Crippen MR) is 108 cm³/mol. The van der Waals surface area contributed by atoms with Gasteiger partial charge in [-0.1, -0.05) is 23.7 Å². The van der Waals surface area contributed by atoms with Crippen LogP contribution in [0.3, 0.4) is 0 Å². The quantitative estimate of drug-likeness (QED) is 0.298. The third kappa shape index (κ3) is 6.98. The second-order valence-corrected chi connectivity index (χ2v) is 5.93. The maximum atomic E-state index is 5.87. The molecule has 0 atom stereocenters. The lowest BCUT2D eigenvalue weighted by molar-refractivity contribution is 0.742. The number of aryl methyl sites for hydroxylation is 1. The van der Waals surface area contributed by atoms with Gasteiger partial charge in [0.25, 0.3) is 0 Å². The van der Waals surface area contributed by atoms with Gasteiger partial charge in [0.1, 0.15) is 0 Å². The maximum Gasteiger partial charge on any atom is 0.191 e. The average molecular weight is 450 g/mol. The van der Waals surface area contributed by atoms with E-state index >= 15 is 0 Å². The van der Waals surface area contributed by atoms with E-state index < -0.39 is 0 Å². The molecule has 1 aromatic carbocycles. The fourth-order valence-corrected chi connectivity index (χ4v) is 2.74. The van der Waals surface area contributed by atoms with Crippen molar-refractivity contribution in [3.63, 3.8) is 0 Å². The molecule has 0 amide bonds. The molecule has 120 valence electrons. The van der Waals surface area contributed by atoms with E-state index in [1.54, 1.807) is 18.4 Å². The number of guanidine groups is 1. The molecule has 1 aromatic heterocycles. The Balaban J connectivity index is 0.00000242. The summed E-state index contributed by atoms with van der Waals surface area (Å²) in [4.78, 5) is 4.22. The zero-order chi connectivity index (χ0) is 14.9. The topological polar surface area (TPSA) is 36.4 Å². The van der Waals surface area contributed by atoms with Crippen molar-refractivity contribution >= 4 is 52.9 Å². The molecule has 0 fully saturated rings. The minimum atomic E-state index is 0. The highest BCUT2D eigenvalue weighted by molar-refractivity contribution is 14.0. The number of thiophene rings is 1. The van der Waals surface area contributed by atoms with Crippen LogP contribution in [0.2, 0.25) is 5.02 Å². The SMILES string of the molecule is CN=C(NCCCc1ccc(Cl)cc1)NCc1ccsc1.I. The zero-order valence-corrected chi connectivity index (χ0v) is 16.4. The molecule has 2 aromatic rings. The van der Waals surface area contributed by atoms with E-state index in [0.29, 0.717) is 0 Å². The van der Waals surface area contributed by atoms with Crippen LogP contribution in [0, 0.1) is 0 Å². The Morgan fingerprint density at radius 1 is 1.14 bits per heavy atom. The molecule has 0 spiro atoms. The monoisotopic (exact) mass is 449 g/mol. The number of nitrogens with one attached hydrogen (secondary N) is 2. The van der Waals surface area contributed by atoms with E-state index in [-0.39, 0.29) is 24.0 Å². The first-order valence-electron chi connectivity index (χ1n) is 6.98. The fourth-order valence-electron chi connectivity index (χ4n) is 1.95. The van der Waals surface area contributed by atoms with Gasteiger partial charge in [0, 0.05) is 25.2 Å². The van der Waals surface area contributed by atoms with Crippen molar-refractivity contribution in [1.29, 1.82) is 0 Å². The standard InChI is InChI=1S/C16H20ClN3S.HI/c1-18-16(20-11-14-8-10-21-12-14)19-9-2-3-13-4-6-15(17)7-5-13;/h4-8,10,12H,2-3,9,11H2,1H3,(H2,18,19,20);1H. The van der Waals surface area contributed by atoms with E-state index in [1.807, 2.05) is 12.1 Å². The van der Waals surface area contributed by atoms with Gasteiger partial charge in [0.05, 0.1) is 0 Å². The Kier molecular flexibility index (Phi) is 9.50. The van der Waals surface area contributed by atoms with Crippen LogP contribution in [-0.2, 0) is 13.0 Å². The van der Waals surface area contributed by atoms with Crippen LogP contribution in [0.5, 0.6) is 0 Å². The van der Waals surface area contributed by atoms with Crippen LogP contribution < -0.4 is 10.6 Å². The lowest BCUT2D eigenvalue weighted by Crippen LogP contribution is -2.37. The second kappa shape index (κ2) is 10.9. The summed E-state index contributed by atoms with van der Waals surface area (Å²) in [7, 11) is 1.79. The number of benzene rings is 1. The van der Waals surface area contributed by atoms with E-state index in [0.717, 1.165) is 36.9 Å². The summed E-state index contributed by atoms with van der Waals surface area (Å²) in [6, 6.07) is 10.1. The van der Waals surface area contributed by atoms with E-state index in [2.05, 4.69) is 44.6 Å². The molecular weight excluding hydrogens is 429 g/mol. The minimum Gasteiger partial charge on any atom is -0.356 e. The van der Waals surface area contributed by atoms with Crippen molar-refractivity contribution in [2.45, 2.75) is 19.4 Å². The van der Waals surface area contributed by atoms with Crippen molar-refractivity contribution in [3.8, 4) is 0 Å². The first-order valence-corrected chi connectivity index (χ1v) is 8.30. The third-order valence-electron chi connectivity index (χ3n) is 3.11. The summed E-state index contributed by atoms with van der Waals surface area (Å²) >= 11 is 7.58. The highest BCUT2D eigenvalue weighted by Crippen LogP contribution is 2.10. The molecular formula is C16H21ClIN3S. The number of nitrogens with zero attached hydrogens (tertiary/aromatic N) is 1. The molecule has 0 radical (unpaired) electrons. The van der Waals surface area contributed by atoms with Gasteiger partial charge in [-0.2, -0.15) is 11.3 Å². The van der Waals surface area contributed by atoms with E-state index in [9.17, 15) is 0 Å². The van der Waals surface area contributed by atoms with Crippen LogP contribution in [0.25, 0.3) is 0 Å². The first-order chi connectivity index (χ1) is 10.3. The summed E-state index contributed by atoms with van der Waals surface area (Å²) < 4.78 is 0. The molecule has 2 N–H and O–H groups in total.